The molecule has 2 aromatic carbocycles. The van der Waals surface area contributed by atoms with Crippen molar-refractivity contribution in [1.29, 1.82) is 0 Å². The van der Waals surface area contributed by atoms with E-state index in [0.29, 0.717) is 15.6 Å². The number of carbonyl (C=O) groups excluding carboxylic acids is 2. The van der Waals surface area contributed by atoms with Gasteiger partial charge in [0.2, 0.25) is 0 Å². The van der Waals surface area contributed by atoms with Crippen molar-refractivity contribution in [3.8, 4) is 0 Å². The number of aryl methyl sites for hydroxylation is 1. The number of Topliss-reactive ketones (excluding diaryl/α,β-unsaturated/α-hetero) is 1. The molecule has 0 spiro atoms. The molecule has 0 aliphatic carbocycles. The van der Waals surface area contributed by atoms with E-state index in [1.54, 1.807) is 24.3 Å². The van der Waals surface area contributed by atoms with Crippen LogP contribution in [0, 0.1) is 12.7 Å². The Kier molecular flexibility index (Phi) is 6.04. The molecule has 0 atom stereocenters. The normalized spacial score (nSPS) is 10.4. The molecule has 0 aromatic heterocycles. The summed E-state index contributed by atoms with van der Waals surface area (Å²) < 4.78 is 19.2. The van der Waals surface area contributed by atoms with E-state index in [0.717, 1.165) is 5.56 Å². The molecule has 0 aliphatic rings. The number of ketones is 1. The second kappa shape index (κ2) is 8.02. The summed E-state index contributed by atoms with van der Waals surface area (Å²) in [6, 6.07) is 11.7. The van der Waals surface area contributed by atoms with Crippen LogP contribution in [0.1, 0.15) is 34.3 Å². The highest BCUT2D eigenvalue weighted by Gasteiger charge is 2.11. The second-order valence-corrected chi connectivity index (χ2v) is 6.10. The maximum atomic E-state index is 13.6. The van der Waals surface area contributed by atoms with Crippen molar-refractivity contribution in [3.05, 3.63) is 69.4 Å². The van der Waals surface area contributed by atoms with Gasteiger partial charge in [-0.05, 0) is 19.1 Å². The van der Waals surface area contributed by atoms with Gasteiger partial charge in [-0.2, -0.15) is 0 Å². The number of esters is 1. The molecule has 0 bridgehead atoms. The standard InChI is InChI=1S/C18H16BrFO3/c1-12-2-4-13(5-3-12)17(21)8-9-18(22)23-11-14-6-7-15(19)10-16(14)20/h2-7,10H,8-9,11H2,1H3. The smallest absolute Gasteiger partial charge is 0.306 e. The maximum Gasteiger partial charge on any atom is 0.306 e. The van der Waals surface area contributed by atoms with Gasteiger partial charge in [-0.3, -0.25) is 9.59 Å². The van der Waals surface area contributed by atoms with E-state index >= 15 is 0 Å². The molecule has 0 unspecified atom stereocenters. The zero-order chi connectivity index (χ0) is 16.8. The summed E-state index contributed by atoms with van der Waals surface area (Å²) in [5, 5.41) is 0. The molecule has 0 aliphatic heterocycles. The first-order valence-electron chi connectivity index (χ1n) is 7.15. The molecule has 5 heteroatoms. The average Bonchev–Trinajstić information content (AvgIpc) is 2.52. The molecule has 120 valence electrons. The second-order valence-electron chi connectivity index (χ2n) is 5.19. The summed E-state index contributed by atoms with van der Waals surface area (Å²) in [5.74, 6) is -1.08. The van der Waals surface area contributed by atoms with Gasteiger partial charge in [0.15, 0.2) is 5.78 Å². The number of halogens is 2. The number of rotatable bonds is 6. The topological polar surface area (TPSA) is 43.4 Å². The fraction of sp³-hybridized carbons (Fsp3) is 0.222. The Hall–Kier alpha value is -2.01. The predicted octanol–water partition coefficient (Wildman–Crippen LogP) is 4.60. The molecule has 23 heavy (non-hydrogen) atoms. The van der Waals surface area contributed by atoms with Crippen LogP contribution in [0.4, 0.5) is 4.39 Å². The fourth-order valence-corrected chi connectivity index (χ4v) is 2.30. The Morgan fingerprint density at radius 3 is 2.43 bits per heavy atom. The largest absolute Gasteiger partial charge is 0.461 e. The van der Waals surface area contributed by atoms with Crippen LogP contribution in [-0.4, -0.2) is 11.8 Å². The first-order chi connectivity index (χ1) is 11.0. The highest BCUT2D eigenvalue weighted by Crippen LogP contribution is 2.16. The number of ether oxygens (including phenoxy) is 1. The molecule has 0 fully saturated rings. The SMILES string of the molecule is Cc1ccc(C(=O)CCC(=O)OCc2ccc(Br)cc2F)cc1. The number of carbonyl (C=O) groups is 2. The Labute approximate surface area is 142 Å². The monoisotopic (exact) mass is 378 g/mol. The first kappa shape index (κ1) is 17.3. The van der Waals surface area contributed by atoms with Crippen molar-refractivity contribution in [1.82, 2.24) is 0 Å². The lowest BCUT2D eigenvalue weighted by Gasteiger charge is -2.06. The third-order valence-corrected chi connectivity index (χ3v) is 3.83. The summed E-state index contributed by atoms with van der Waals surface area (Å²) in [5.41, 5.74) is 1.94. The molecule has 0 amide bonds. The van der Waals surface area contributed by atoms with E-state index < -0.39 is 11.8 Å². The highest BCUT2D eigenvalue weighted by molar-refractivity contribution is 9.10. The van der Waals surface area contributed by atoms with Crippen molar-refractivity contribution in [3.63, 3.8) is 0 Å². The van der Waals surface area contributed by atoms with Crippen molar-refractivity contribution in [2.45, 2.75) is 26.4 Å². The summed E-state index contributed by atoms with van der Waals surface area (Å²) in [7, 11) is 0. The van der Waals surface area contributed by atoms with Crippen LogP contribution in [0.3, 0.4) is 0 Å². The van der Waals surface area contributed by atoms with Crippen LogP contribution in [0.2, 0.25) is 0 Å². The fourth-order valence-electron chi connectivity index (χ4n) is 1.97. The van der Waals surface area contributed by atoms with Crippen LogP contribution in [-0.2, 0) is 16.1 Å². The Morgan fingerprint density at radius 1 is 1.09 bits per heavy atom. The minimum atomic E-state index is -0.521. The van der Waals surface area contributed by atoms with Crippen LogP contribution in [0.25, 0.3) is 0 Å². The zero-order valence-electron chi connectivity index (χ0n) is 12.6. The third kappa shape index (κ3) is 5.28. The summed E-state index contributed by atoms with van der Waals surface area (Å²) >= 11 is 3.16. The molecule has 3 nitrogen and oxygen atoms in total. The molecule has 0 radical (unpaired) electrons. The lowest BCUT2D eigenvalue weighted by atomic mass is 10.1. The Morgan fingerprint density at radius 2 is 1.78 bits per heavy atom. The molecular weight excluding hydrogens is 363 g/mol. The van der Waals surface area contributed by atoms with E-state index in [2.05, 4.69) is 15.9 Å². The van der Waals surface area contributed by atoms with E-state index in [1.165, 1.54) is 6.07 Å². The number of benzene rings is 2. The maximum absolute atomic E-state index is 13.6. The minimum absolute atomic E-state index is 0.0230. The van der Waals surface area contributed by atoms with Crippen LogP contribution in [0.15, 0.2) is 46.9 Å². The zero-order valence-corrected chi connectivity index (χ0v) is 14.2. The van der Waals surface area contributed by atoms with E-state index in [4.69, 9.17) is 4.74 Å². The van der Waals surface area contributed by atoms with Crippen LogP contribution >= 0.6 is 15.9 Å². The van der Waals surface area contributed by atoms with Gasteiger partial charge in [-0.25, -0.2) is 4.39 Å². The van der Waals surface area contributed by atoms with Crippen molar-refractivity contribution < 1.29 is 18.7 Å². The predicted molar refractivity (Wildman–Crippen MR) is 88.6 cm³/mol. The van der Waals surface area contributed by atoms with E-state index in [-0.39, 0.29) is 25.2 Å². The molecule has 2 aromatic rings. The van der Waals surface area contributed by atoms with Gasteiger partial charge < -0.3 is 4.74 Å². The number of hydrogen-bond acceptors (Lipinski definition) is 3. The molecule has 0 saturated carbocycles. The summed E-state index contributed by atoms with van der Waals surface area (Å²) in [6.07, 6.45) is 0.0512. The Bertz CT molecular complexity index is 711. The van der Waals surface area contributed by atoms with Gasteiger partial charge in [0, 0.05) is 22.0 Å². The molecule has 0 saturated heterocycles. The lowest BCUT2D eigenvalue weighted by Crippen LogP contribution is -2.09. The third-order valence-electron chi connectivity index (χ3n) is 3.33. The van der Waals surface area contributed by atoms with Gasteiger partial charge in [0.05, 0.1) is 6.42 Å². The van der Waals surface area contributed by atoms with Gasteiger partial charge in [-0.1, -0.05) is 51.8 Å². The highest BCUT2D eigenvalue weighted by atomic mass is 79.9. The van der Waals surface area contributed by atoms with Gasteiger partial charge in [0.1, 0.15) is 12.4 Å². The molecule has 0 heterocycles. The van der Waals surface area contributed by atoms with Crippen LogP contribution in [0.5, 0.6) is 0 Å². The van der Waals surface area contributed by atoms with Crippen molar-refractivity contribution in [2.75, 3.05) is 0 Å². The minimum Gasteiger partial charge on any atom is -0.461 e. The lowest BCUT2D eigenvalue weighted by molar-refractivity contribution is -0.144. The van der Waals surface area contributed by atoms with Crippen molar-refractivity contribution in [2.24, 2.45) is 0 Å². The van der Waals surface area contributed by atoms with Gasteiger partial charge in [0.25, 0.3) is 0 Å². The van der Waals surface area contributed by atoms with Gasteiger partial charge >= 0.3 is 5.97 Å². The van der Waals surface area contributed by atoms with E-state index in [9.17, 15) is 14.0 Å². The molecular formula is C18H16BrFO3. The quantitative estimate of drug-likeness (QED) is 0.544. The summed E-state index contributed by atoms with van der Waals surface area (Å²) in [4.78, 5) is 23.6. The van der Waals surface area contributed by atoms with E-state index in [1.807, 2.05) is 19.1 Å². The molecule has 2 rings (SSSR count). The Balaban J connectivity index is 1.81. The summed E-state index contributed by atoms with van der Waals surface area (Å²) in [6.45, 7) is 1.80. The first-order valence-corrected chi connectivity index (χ1v) is 7.94. The van der Waals surface area contributed by atoms with Gasteiger partial charge in [-0.15, -0.1) is 0 Å². The average molecular weight is 379 g/mol. The molecule has 0 N–H and O–H groups in total. The number of hydrogen-bond donors (Lipinski definition) is 0. The van der Waals surface area contributed by atoms with Crippen LogP contribution < -0.4 is 0 Å². The van der Waals surface area contributed by atoms with Crippen molar-refractivity contribution >= 4 is 27.7 Å².